The molecule has 3 nitrogen and oxygen atoms in total. The molecule has 1 aliphatic heterocycles. The van der Waals surface area contributed by atoms with Crippen molar-refractivity contribution in [1.82, 2.24) is 0 Å². The molecule has 0 amide bonds. The second-order valence-corrected chi connectivity index (χ2v) is 5.66. The maximum atomic E-state index is 6.17. The summed E-state index contributed by atoms with van der Waals surface area (Å²) >= 11 is 0. The number of fused-ring (bicyclic) bond motifs is 1. The van der Waals surface area contributed by atoms with Gasteiger partial charge in [-0.05, 0) is 61.8 Å². The lowest BCUT2D eigenvalue weighted by Gasteiger charge is -2.25. The molecule has 3 rings (SSSR count). The highest BCUT2D eigenvalue weighted by molar-refractivity contribution is 5.39. The van der Waals surface area contributed by atoms with Gasteiger partial charge in [-0.2, -0.15) is 0 Å². The first-order valence-electron chi connectivity index (χ1n) is 7.46. The Kier molecular flexibility index (Phi) is 4.04. The molecule has 3 heteroatoms. The molecule has 1 aromatic rings. The molecule has 0 aromatic heterocycles. The fourth-order valence-electron chi connectivity index (χ4n) is 3.03. The highest BCUT2D eigenvalue weighted by Crippen LogP contribution is 2.31. The number of hydrogen-bond donors (Lipinski definition) is 1. The summed E-state index contributed by atoms with van der Waals surface area (Å²) in [5.41, 5.74) is 8.83. The molecule has 1 heterocycles. The third-order valence-electron chi connectivity index (χ3n) is 4.19. The van der Waals surface area contributed by atoms with E-state index in [2.05, 4.69) is 18.2 Å². The first-order valence-corrected chi connectivity index (χ1v) is 7.46. The van der Waals surface area contributed by atoms with Gasteiger partial charge in [0, 0.05) is 12.6 Å². The molecule has 2 N–H and O–H groups in total. The molecule has 0 bridgehead atoms. The number of ether oxygens (including phenoxy) is 2. The topological polar surface area (TPSA) is 44.5 Å². The monoisotopic (exact) mass is 261 g/mol. The zero-order valence-electron chi connectivity index (χ0n) is 11.4. The SMILES string of the molecule is N[C@H]1CCCc2ccc(OCC3CCCCO3)cc21. The first-order chi connectivity index (χ1) is 9.33. The second kappa shape index (κ2) is 5.93. The molecule has 0 saturated carbocycles. The van der Waals surface area contributed by atoms with Gasteiger partial charge in [0.1, 0.15) is 12.4 Å². The van der Waals surface area contributed by atoms with Gasteiger partial charge in [0.15, 0.2) is 0 Å². The Balaban J connectivity index is 1.63. The Bertz CT molecular complexity index is 427. The largest absolute Gasteiger partial charge is 0.491 e. The zero-order valence-corrected chi connectivity index (χ0v) is 11.4. The Hall–Kier alpha value is -1.06. The third kappa shape index (κ3) is 3.10. The van der Waals surface area contributed by atoms with E-state index in [4.69, 9.17) is 15.2 Å². The summed E-state index contributed by atoms with van der Waals surface area (Å²) in [6.45, 7) is 1.54. The molecule has 2 atom stereocenters. The van der Waals surface area contributed by atoms with Gasteiger partial charge < -0.3 is 15.2 Å². The van der Waals surface area contributed by atoms with Crippen LogP contribution in [0.15, 0.2) is 18.2 Å². The smallest absolute Gasteiger partial charge is 0.119 e. The van der Waals surface area contributed by atoms with Crippen molar-refractivity contribution in [3.8, 4) is 5.75 Å². The Morgan fingerprint density at radius 3 is 3.00 bits per heavy atom. The van der Waals surface area contributed by atoms with Crippen molar-refractivity contribution in [3.05, 3.63) is 29.3 Å². The molecule has 1 saturated heterocycles. The van der Waals surface area contributed by atoms with Gasteiger partial charge in [0.05, 0.1) is 6.10 Å². The van der Waals surface area contributed by atoms with Crippen molar-refractivity contribution in [1.29, 1.82) is 0 Å². The van der Waals surface area contributed by atoms with Crippen LogP contribution < -0.4 is 10.5 Å². The van der Waals surface area contributed by atoms with Gasteiger partial charge in [0.25, 0.3) is 0 Å². The Morgan fingerprint density at radius 1 is 1.21 bits per heavy atom. The summed E-state index contributed by atoms with van der Waals surface area (Å²) in [4.78, 5) is 0. The molecular formula is C16H23NO2. The minimum atomic E-state index is 0.179. The average molecular weight is 261 g/mol. The van der Waals surface area contributed by atoms with Crippen LogP contribution in [0.3, 0.4) is 0 Å². The molecule has 1 fully saturated rings. The van der Waals surface area contributed by atoms with Gasteiger partial charge in [-0.25, -0.2) is 0 Å². The van der Waals surface area contributed by atoms with Crippen molar-refractivity contribution < 1.29 is 9.47 Å². The van der Waals surface area contributed by atoms with E-state index in [9.17, 15) is 0 Å². The van der Waals surface area contributed by atoms with Crippen LogP contribution in [-0.4, -0.2) is 19.3 Å². The van der Waals surface area contributed by atoms with E-state index in [0.29, 0.717) is 6.61 Å². The van der Waals surface area contributed by atoms with Gasteiger partial charge in [-0.3, -0.25) is 0 Å². The van der Waals surface area contributed by atoms with Gasteiger partial charge in [-0.15, -0.1) is 0 Å². The van der Waals surface area contributed by atoms with E-state index in [-0.39, 0.29) is 12.1 Å². The van der Waals surface area contributed by atoms with Crippen molar-refractivity contribution in [2.75, 3.05) is 13.2 Å². The highest BCUT2D eigenvalue weighted by Gasteiger charge is 2.18. The quantitative estimate of drug-likeness (QED) is 0.909. The molecule has 0 spiro atoms. The predicted molar refractivity (Wildman–Crippen MR) is 75.4 cm³/mol. The van der Waals surface area contributed by atoms with Crippen LogP contribution in [0.2, 0.25) is 0 Å². The predicted octanol–water partition coefficient (Wildman–Crippen LogP) is 2.97. The van der Waals surface area contributed by atoms with E-state index in [0.717, 1.165) is 31.6 Å². The Labute approximate surface area is 115 Å². The van der Waals surface area contributed by atoms with E-state index >= 15 is 0 Å². The van der Waals surface area contributed by atoms with Crippen molar-refractivity contribution in [2.45, 2.75) is 50.7 Å². The molecule has 0 radical (unpaired) electrons. The van der Waals surface area contributed by atoms with Crippen LogP contribution in [0.4, 0.5) is 0 Å². The lowest BCUT2D eigenvalue weighted by molar-refractivity contribution is -0.0110. The summed E-state index contributed by atoms with van der Waals surface area (Å²) < 4.78 is 11.6. The van der Waals surface area contributed by atoms with Crippen molar-refractivity contribution in [3.63, 3.8) is 0 Å². The lowest BCUT2D eigenvalue weighted by atomic mass is 9.88. The number of hydrogen-bond acceptors (Lipinski definition) is 3. The summed E-state index contributed by atoms with van der Waals surface area (Å²) in [6, 6.07) is 6.55. The zero-order chi connectivity index (χ0) is 13.1. The van der Waals surface area contributed by atoms with E-state index < -0.39 is 0 Å². The lowest BCUT2D eigenvalue weighted by Crippen LogP contribution is -2.26. The van der Waals surface area contributed by atoms with Crippen LogP contribution in [0, 0.1) is 0 Å². The fraction of sp³-hybridized carbons (Fsp3) is 0.625. The summed E-state index contributed by atoms with van der Waals surface area (Å²) in [7, 11) is 0. The van der Waals surface area contributed by atoms with Crippen molar-refractivity contribution in [2.24, 2.45) is 5.73 Å². The molecular weight excluding hydrogens is 238 g/mol. The molecule has 19 heavy (non-hydrogen) atoms. The van der Waals surface area contributed by atoms with Crippen LogP contribution in [0.5, 0.6) is 5.75 Å². The number of rotatable bonds is 3. The molecule has 1 aliphatic carbocycles. The maximum Gasteiger partial charge on any atom is 0.119 e. The minimum Gasteiger partial charge on any atom is -0.491 e. The van der Waals surface area contributed by atoms with Crippen LogP contribution in [0.1, 0.15) is 49.3 Å². The first kappa shape index (κ1) is 12.9. The summed E-state index contributed by atoms with van der Waals surface area (Å²) in [5.74, 6) is 0.935. The second-order valence-electron chi connectivity index (χ2n) is 5.66. The molecule has 1 aromatic carbocycles. The van der Waals surface area contributed by atoms with Gasteiger partial charge in [-0.1, -0.05) is 6.07 Å². The van der Waals surface area contributed by atoms with E-state index in [1.54, 1.807) is 0 Å². The number of nitrogens with two attached hydrogens (primary N) is 1. The summed E-state index contributed by atoms with van der Waals surface area (Å²) in [5, 5.41) is 0. The summed E-state index contributed by atoms with van der Waals surface area (Å²) in [6.07, 6.45) is 7.25. The third-order valence-corrected chi connectivity index (χ3v) is 4.19. The van der Waals surface area contributed by atoms with E-state index in [1.165, 1.54) is 30.4 Å². The van der Waals surface area contributed by atoms with Gasteiger partial charge in [0.2, 0.25) is 0 Å². The van der Waals surface area contributed by atoms with Crippen molar-refractivity contribution >= 4 is 0 Å². The average Bonchev–Trinajstić information content (AvgIpc) is 2.47. The number of benzene rings is 1. The number of aryl methyl sites for hydroxylation is 1. The normalized spacial score (nSPS) is 26.8. The fourth-order valence-corrected chi connectivity index (χ4v) is 3.03. The van der Waals surface area contributed by atoms with Crippen LogP contribution >= 0.6 is 0 Å². The maximum absolute atomic E-state index is 6.17. The van der Waals surface area contributed by atoms with Crippen LogP contribution in [0.25, 0.3) is 0 Å². The van der Waals surface area contributed by atoms with Gasteiger partial charge >= 0.3 is 0 Å². The van der Waals surface area contributed by atoms with E-state index in [1.807, 2.05) is 0 Å². The standard InChI is InChI=1S/C16H23NO2/c17-16-6-3-4-12-7-8-13(10-15(12)16)19-11-14-5-1-2-9-18-14/h7-8,10,14,16H,1-6,9,11,17H2/t14?,16-/m0/s1. The Morgan fingerprint density at radius 2 is 2.16 bits per heavy atom. The van der Waals surface area contributed by atoms with Crippen LogP contribution in [-0.2, 0) is 11.2 Å². The highest BCUT2D eigenvalue weighted by atomic mass is 16.5. The molecule has 104 valence electrons. The minimum absolute atomic E-state index is 0.179. The molecule has 1 unspecified atom stereocenters. The molecule has 2 aliphatic rings.